The van der Waals surface area contributed by atoms with Gasteiger partial charge in [0.1, 0.15) is 5.82 Å². The van der Waals surface area contributed by atoms with Gasteiger partial charge in [0.2, 0.25) is 0 Å². The van der Waals surface area contributed by atoms with Crippen molar-refractivity contribution in [3.05, 3.63) is 64.0 Å². The number of aromatic nitrogens is 2. The normalized spacial score (nSPS) is 14.4. The Hall–Kier alpha value is -2.54. The lowest BCUT2D eigenvalue weighted by atomic mass is 9.99. The summed E-state index contributed by atoms with van der Waals surface area (Å²) in [6.07, 6.45) is -2.37. The van der Waals surface area contributed by atoms with E-state index in [0.29, 0.717) is 12.4 Å². The average molecular weight is 361 g/mol. The molecule has 1 aliphatic heterocycles. The fourth-order valence-electron chi connectivity index (χ4n) is 3.02. The smallest absolute Gasteiger partial charge is 0.322 e. The van der Waals surface area contributed by atoms with Gasteiger partial charge in [-0.2, -0.15) is 29.6 Å². The van der Waals surface area contributed by atoms with Gasteiger partial charge in [-0.05, 0) is 45.7 Å². The molecular formula is C18H14F3N3S. The minimum atomic E-state index is -4.46. The van der Waals surface area contributed by atoms with Gasteiger partial charge < -0.3 is 4.90 Å². The van der Waals surface area contributed by atoms with E-state index < -0.39 is 11.9 Å². The lowest BCUT2D eigenvalue weighted by Crippen LogP contribution is -2.25. The predicted molar refractivity (Wildman–Crippen MR) is 93.8 cm³/mol. The third-order valence-corrected chi connectivity index (χ3v) is 4.88. The number of aryl methyl sites for hydroxylation is 1. The van der Waals surface area contributed by atoms with Gasteiger partial charge in [0, 0.05) is 18.8 Å². The molecule has 0 spiro atoms. The van der Waals surface area contributed by atoms with Crippen molar-refractivity contribution in [2.75, 3.05) is 11.4 Å². The van der Waals surface area contributed by atoms with E-state index >= 15 is 0 Å². The average Bonchev–Trinajstić information content (AvgIpc) is 3.23. The highest BCUT2D eigenvalue weighted by Crippen LogP contribution is 2.39. The van der Waals surface area contributed by atoms with E-state index in [1.165, 1.54) is 11.7 Å². The number of fused-ring (bicyclic) bond motifs is 1. The molecule has 0 bridgehead atoms. The Kier molecular flexibility index (Phi) is 3.68. The maximum atomic E-state index is 13.0. The van der Waals surface area contributed by atoms with Crippen LogP contribution >= 0.6 is 11.3 Å². The SMILES string of the molecule is Cn1nc(C(F)(F)F)cc1N1CC(c2ccsc2)=Cc2ccccc21. The number of para-hydroxylation sites is 1. The van der Waals surface area contributed by atoms with Crippen LogP contribution in [0, 0.1) is 0 Å². The van der Waals surface area contributed by atoms with Gasteiger partial charge in [0.15, 0.2) is 5.69 Å². The third kappa shape index (κ3) is 2.84. The maximum Gasteiger partial charge on any atom is 0.435 e. The molecule has 25 heavy (non-hydrogen) atoms. The van der Waals surface area contributed by atoms with Crippen LogP contribution in [0.5, 0.6) is 0 Å². The summed E-state index contributed by atoms with van der Waals surface area (Å²) in [7, 11) is 1.54. The van der Waals surface area contributed by atoms with Crippen LogP contribution in [0.1, 0.15) is 16.8 Å². The first-order valence-electron chi connectivity index (χ1n) is 7.64. The number of anilines is 2. The molecule has 4 rings (SSSR count). The van der Waals surface area contributed by atoms with Gasteiger partial charge in [0.25, 0.3) is 0 Å². The number of hydrogen-bond donors (Lipinski definition) is 0. The van der Waals surface area contributed by atoms with Crippen LogP contribution < -0.4 is 4.90 Å². The number of halogens is 3. The van der Waals surface area contributed by atoms with Crippen molar-refractivity contribution in [2.45, 2.75) is 6.18 Å². The standard InChI is InChI=1S/C18H14F3N3S/c1-23-17(9-16(22-23)18(19,20)21)24-10-14(13-6-7-25-11-13)8-12-4-2-3-5-15(12)24/h2-9,11H,10H2,1H3. The summed E-state index contributed by atoms with van der Waals surface area (Å²) >= 11 is 1.60. The molecule has 3 aromatic rings. The lowest BCUT2D eigenvalue weighted by molar-refractivity contribution is -0.141. The summed E-state index contributed by atoms with van der Waals surface area (Å²) in [5, 5.41) is 7.69. The van der Waals surface area contributed by atoms with Crippen LogP contribution in [0.4, 0.5) is 24.7 Å². The van der Waals surface area contributed by atoms with Crippen LogP contribution in [-0.2, 0) is 13.2 Å². The summed E-state index contributed by atoms with van der Waals surface area (Å²) in [5.41, 5.74) is 3.12. The van der Waals surface area contributed by atoms with Gasteiger partial charge in [-0.25, -0.2) is 0 Å². The van der Waals surface area contributed by atoms with Gasteiger partial charge >= 0.3 is 6.18 Å². The summed E-state index contributed by atoms with van der Waals surface area (Å²) < 4.78 is 40.4. The fraction of sp³-hybridized carbons (Fsp3) is 0.167. The second-order valence-electron chi connectivity index (χ2n) is 5.84. The van der Waals surface area contributed by atoms with Crippen LogP contribution in [0.15, 0.2) is 47.2 Å². The van der Waals surface area contributed by atoms with Gasteiger partial charge in [-0.15, -0.1) is 0 Å². The Balaban J connectivity index is 1.83. The predicted octanol–water partition coefficient (Wildman–Crippen LogP) is 5.19. The Bertz CT molecular complexity index is 939. The molecule has 128 valence electrons. The van der Waals surface area contributed by atoms with E-state index in [0.717, 1.165) is 28.5 Å². The Labute approximate surface area is 146 Å². The van der Waals surface area contributed by atoms with Crippen molar-refractivity contribution in [3.63, 3.8) is 0 Å². The molecule has 0 saturated heterocycles. The molecule has 3 heterocycles. The van der Waals surface area contributed by atoms with Crippen LogP contribution in [0.3, 0.4) is 0 Å². The summed E-state index contributed by atoms with van der Waals surface area (Å²) in [6, 6.07) is 10.8. The zero-order valence-corrected chi connectivity index (χ0v) is 14.1. The van der Waals surface area contributed by atoms with Gasteiger partial charge in [-0.1, -0.05) is 18.2 Å². The number of benzene rings is 1. The van der Waals surface area contributed by atoms with E-state index in [-0.39, 0.29) is 0 Å². The molecule has 7 heteroatoms. The van der Waals surface area contributed by atoms with Crippen molar-refractivity contribution in [1.29, 1.82) is 0 Å². The minimum Gasteiger partial charge on any atom is -0.322 e. The highest BCUT2D eigenvalue weighted by atomic mass is 32.1. The van der Waals surface area contributed by atoms with E-state index in [2.05, 4.69) is 11.2 Å². The zero-order valence-electron chi connectivity index (χ0n) is 13.3. The number of nitrogens with zero attached hydrogens (tertiary/aromatic N) is 3. The Morgan fingerprint density at radius 2 is 1.96 bits per heavy atom. The molecule has 0 saturated carbocycles. The monoisotopic (exact) mass is 361 g/mol. The molecule has 1 aliphatic rings. The molecule has 3 nitrogen and oxygen atoms in total. The van der Waals surface area contributed by atoms with E-state index in [4.69, 9.17) is 0 Å². The number of thiophene rings is 1. The molecule has 0 radical (unpaired) electrons. The molecule has 0 N–H and O–H groups in total. The number of alkyl halides is 3. The Morgan fingerprint density at radius 1 is 1.16 bits per heavy atom. The van der Waals surface area contributed by atoms with Crippen LogP contribution in [0.2, 0.25) is 0 Å². The van der Waals surface area contributed by atoms with Crippen molar-refractivity contribution < 1.29 is 13.2 Å². The van der Waals surface area contributed by atoms with Crippen molar-refractivity contribution >= 4 is 34.5 Å². The molecule has 0 fully saturated rings. The summed E-state index contributed by atoms with van der Waals surface area (Å²) in [6.45, 7) is 0.491. The van der Waals surface area contributed by atoms with E-state index in [9.17, 15) is 13.2 Å². The van der Waals surface area contributed by atoms with Crippen molar-refractivity contribution in [2.24, 2.45) is 7.05 Å². The van der Waals surface area contributed by atoms with Gasteiger partial charge in [0.05, 0.1) is 6.54 Å². The molecule has 0 unspecified atom stereocenters. The summed E-state index contributed by atoms with van der Waals surface area (Å²) in [4.78, 5) is 1.88. The quantitative estimate of drug-likeness (QED) is 0.626. The van der Waals surface area contributed by atoms with E-state index in [1.807, 2.05) is 46.0 Å². The molecule has 0 aliphatic carbocycles. The van der Waals surface area contributed by atoms with Gasteiger partial charge in [-0.3, -0.25) is 4.68 Å². The zero-order chi connectivity index (χ0) is 17.6. The first kappa shape index (κ1) is 16.0. The molecule has 0 amide bonds. The highest BCUT2D eigenvalue weighted by molar-refractivity contribution is 7.08. The number of rotatable bonds is 2. The second kappa shape index (κ2) is 5.77. The fourth-order valence-corrected chi connectivity index (χ4v) is 3.70. The largest absolute Gasteiger partial charge is 0.435 e. The van der Waals surface area contributed by atoms with Crippen LogP contribution in [0.25, 0.3) is 11.6 Å². The first-order chi connectivity index (χ1) is 11.9. The lowest BCUT2D eigenvalue weighted by Gasteiger charge is -2.31. The second-order valence-corrected chi connectivity index (χ2v) is 6.62. The van der Waals surface area contributed by atoms with E-state index in [1.54, 1.807) is 11.3 Å². The third-order valence-electron chi connectivity index (χ3n) is 4.20. The van der Waals surface area contributed by atoms with Crippen LogP contribution in [-0.4, -0.2) is 16.3 Å². The molecule has 0 atom stereocenters. The molecular weight excluding hydrogens is 347 g/mol. The molecule has 2 aromatic heterocycles. The molecule has 1 aromatic carbocycles. The Morgan fingerprint density at radius 3 is 2.64 bits per heavy atom. The number of hydrogen-bond acceptors (Lipinski definition) is 3. The topological polar surface area (TPSA) is 21.1 Å². The highest BCUT2D eigenvalue weighted by Gasteiger charge is 2.36. The maximum absolute atomic E-state index is 13.0. The summed E-state index contributed by atoms with van der Waals surface area (Å²) in [5.74, 6) is 0.417. The minimum absolute atomic E-state index is 0.417. The van der Waals surface area contributed by atoms with Crippen molar-refractivity contribution in [1.82, 2.24) is 9.78 Å². The first-order valence-corrected chi connectivity index (χ1v) is 8.59. The van der Waals surface area contributed by atoms with Crippen molar-refractivity contribution in [3.8, 4) is 0 Å².